The maximum atomic E-state index is 12.2. The van der Waals surface area contributed by atoms with Gasteiger partial charge in [-0.25, -0.2) is 9.97 Å². The Balaban J connectivity index is 1.82. The minimum absolute atomic E-state index is 0.250. The molecule has 2 aromatic heterocycles. The number of fused-ring (bicyclic) bond motifs is 1. The molecule has 0 bridgehead atoms. The smallest absolute Gasteiger partial charge is 0.278 e. The molecule has 2 heterocycles. The van der Waals surface area contributed by atoms with Crippen molar-refractivity contribution in [3.05, 3.63) is 81.4 Å². The van der Waals surface area contributed by atoms with Crippen molar-refractivity contribution < 1.29 is 0 Å². The zero-order chi connectivity index (χ0) is 18.1. The molecule has 0 atom stereocenters. The van der Waals surface area contributed by atoms with Crippen LogP contribution >= 0.6 is 23.4 Å². The Morgan fingerprint density at radius 1 is 1.15 bits per heavy atom. The summed E-state index contributed by atoms with van der Waals surface area (Å²) in [6.07, 6.45) is 1.40. The Morgan fingerprint density at radius 2 is 1.92 bits per heavy atom. The Labute approximate surface area is 159 Å². The summed E-state index contributed by atoms with van der Waals surface area (Å²) < 4.78 is 1.91. The van der Waals surface area contributed by atoms with E-state index in [4.69, 9.17) is 11.6 Å². The fourth-order valence-corrected chi connectivity index (χ4v) is 3.96. The van der Waals surface area contributed by atoms with Gasteiger partial charge in [0.25, 0.3) is 5.56 Å². The van der Waals surface area contributed by atoms with E-state index in [1.165, 1.54) is 18.1 Å². The molecular weight excluding hydrogens is 368 g/mol. The topological polar surface area (TPSA) is 63.6 Å². The van der Waals surface area contributed by atoms with E-state index in [0.717, 1.165) is 16.8 Å². The highest BCUT2D eigenvalue weighted by molar-refractivity contribution is 7.98. The van der Waals surface area contributed by atoms with E-state index in [-0.39, 0.29) is 5.56 Å². The molecule has 1 N–H and O–H groups in total. The molecule has 0 saturated heterocycles. The van der Waals surface area contributed by atoms with Crippen LogP contribution in [0, 0.1) is 6.92 Å². The Morgan fingerprint density at radius 3 is 2.69 bits per heavy atom. The molecule has 0 aliphatic heterocycles. The first-order valence-corrected chi connectivity index (χ1v) is 9.39. The standard InChI is InChI=1S/C19H15ClN4OS/c1-12-6-8-14(9-7-12)24-17-16(18(25)22-11-21-17)23-19(24)26-10-13-4-2-3-5-15(13)20/h2-9,11H,10H2,1H3,(H,21,22,25). The second-order valence-corrected chi connectivity index (χ2v) is 7.20. The minimum Gasteiger partial charge on any atom is -0.311 e. The van der Waals surface area contributed by atoms with E-state index >= 15 is 0 Å². The summed E-state index contributed by atoms with van der Waals surface area (Å²) in [4.78, 5) is 23.6. The van der Waals surface area contributed by atoms with E-state index in [9.17, 15) is 4.79 Å². The number of thioether (sulfide) groups is 1. The second-order valence-electron chi connectivity index (χ2n) is 5.85. The van der Waals surface area contributed by atoms with Crippen LogP contribution in [0.25, 0.3) is 16.9 Å². The summed E-state index contributed by atoms with van der Waals surface area (Å²) in [5.74, 6) is 0.646. The highest BCUT2D eigenvalue weighted by atomic mass is 35.5. The van der Waals surface area contributed by atoms with Crippen LogP contribution < -0.4 is 5.56 Å². The maximum absolute atomic E-state index is 12.2. The first-order valence-electron chi connectivity index (χ1n) is 8.03. The van der Waals surface area contributed by atoms with Gasteiger partial charge in [0, 0.05) is 16.5 Å². The number of nitrogens with zero attached hydrogens (tertiary/aromatic N) is 3. The van der Waals surface area contributed by atoms with Gasteiger partial charge in [0.2, 0.25) is 0 Å². The average Bonchev–Trinajstić information content (AvgIpc) is 3.02. The van der Waals surface area contributed by atoms with Crippen LogP contribution in [-0.4, -0.2) is 19.5 Å². The number of halogens is 1. The van der Waals surface area contributed by atoms with Crippen LogP contribution in [-0.2, 0) is 5.75 Å². The van der Waals surface area contributed by atoms with Gasteiger partial charge < -0.3 is 4.98 Å². The van der Waals surface area contributed by atoms with Crippen molar-refractivity contribution in [3.8, 4) is 5.69 Å². The van der Waals surface area contributed by atoms with Crippen molar-refractivity contribution in [2.24, 2.45) is 0 Å². The third kappa shape index (κ3) is 3.13. The zero-order valence-corrected chi connectivity index (χ0v) is 15.5. The maximum Gasteiger partial charge on any atom is 0.278 e. The lowest BCUT2D eigenvalue weighted by molar-refractivity contribution is 0.907. The van der Waals surface area contributed by atoms with Crippen molar-refractivity contribution in [2.75, 3.05) is 0 Å². The molecule has 4 aromatic rings. The monoisotopic (exact) mass is 382 g/mol. The van der Waals surface area contributed by atoms with Crippen LogP contribution in [0.2, 0.25) is 5.02 Å². The highest BCUT2D eigenvalue weighted by Gasteiger charge is 2.17. The summed E-state index contributed by atoms with van der Waals surface area (Å²) in [7, 11) is 0. The molecule has 2 aromatic carbocycles. The largest absolute Gasteiger partial charge is 0.311 e. The zero-order valence-electron chi connectivity index (χ0n) is 13.9. The lowest BCUT2D eigenvalue weighted by Crippen LogP contribution is -2.07. The van der Waals surface area contributed by atoms with E-state index in [2.05, 4.69) is 15.0 Å². The third-order valence-electron chi connectivity index (χ3n) is 4.03. The molecule has 7 heteroatoms. The molecule has 0 aliphatic carbocycles. The van der Waals surface area contributed by atoms with Crippen molar-refractivity contribution in [2.45, 2.75) is 17.8 Å². The molecule has 0 radical (unpaired) electrons. The molecule has 0 aliphatic rings. The normalized spacial score (nSPS) is 11.2. The van der Waals surface area contributed by atoms with Crippen LogP contribution in [0.3, 0.4) is 0 Å². The number of hydrogen-bond donors (Lipinski definition) is 1. The molecule has 0 unspecified atom stereocenters. The Bertz CT molecular complexity index is 1130. The van der Waals surface area contributed by atoms with Gasteiger partial charge in [-0.05, 0) is 30.7 Å². The quantitative estimate of drug-likeness (QED) is 0.532. The lowest BCUT2D eigenvalue weighted by atomic mass is 10.2. The molecule has 5 nitrogen and oxygen atoms in total. The Kier molecular flexibility index (Phi) is 4.53. The van der Waals surface area contributed by atoms with Crippen molar-refractivity contribution in [1.82, 2.24) is 19.5 Å². The number of rotatable bonds is 4. The summed E-state index contributed by atoms with van der Waals surface area (Å²) >= 11 is 7.78. The molecule has 0 saturated carbocycles. The van der Waals surface area contributed by atoms with Crippen molar-refractivity contribution in [1.29, 1.82) is 0 Å². The van der Waals surface area contributed by atoms with E-state index in [1.54, 1.807) is 0 Å². The summed E-state index contributed by atoms with van der Waals surface area (Å²) in [6.45, 7) is 2.03. The molecular formula is C19H15ClN4OS. The van der Waals surface area contributed by atoms with Gasteiger partial charge in [0.05, 0.1) is 6.33 Å². The molecule has 0 amide bonds. The van der Waals surface area contributed by atoms with Gasteiger partial charge in [0.15, 0.2) is 16.3 Å². The van der Waals surface area contributed by atoms with Crippen LogP contribution in [0.15, 0.2) is 64.8 Å². The van der Waals surface area contributed by atoms with Crippen LogP contribution in [0.5, 0.6) is 0 Å². The van der Waals surface area contributed by atoms with Crippen LogP contribution in [0.4, 0.5) is 0 Å². The molecule has 0 fully saturated rings. The van der Waals surface area contributed by atoms with E-state index in [0.29, 0.717) is 27.1 Å². The molecule has 130 valence electrons. The van der Waals surface area contributed by atoms with Gasteiger partial charge in [-0.15, -0.1) is 0 Å². The van der Waals surface area contributed by atoms with Crippen molar-refractivity contribution in [3.63, 3.8) is 0 Å². The number of imidazole rings is 1. The number of benzene rings is 2. The van der Waals surface area contributed by atoms with E-state index in [1.807, 2.05) is 60.0 Å². The molecule has 26 heavy (non-hydrogen) atoms. The first kappa shape index (κ1) is 16.9. The summed E-state index contributed by atoms with van der Waals surface area (Å²) in [5, 5.41) is 1.42. The summed E-state index contributed by atoms with van der Waals surface area (Å²) in [5.41, 5.74) is 3.71. The number of nitrogens with one attached hydrogen (secondary N) is 1. The fourth-order valence-electron chi connectivity index (χ4n) is 2.66. The number of hydrogen-bond acceptors (Lipinski definition) is 4. The average molecular weight is 383 g/mol. The summed E-state index contributed by atoms with van der Waals surface area (Å²) in [6, 6.07) is 15.8. The van der Waals surface area contributed by atoms with Gasteiger partial charge >= 0.3 is 0 Å². The SMILES string of the molecule is Cc1ccc(-n2c(SCc3ccccc3Cl)nc3c(=O)[nH]cnc32)cc1. The van der Waals surface area contributed by atoms with Gasteiger partial charge in [-0.3, -0.25) is 9.36 Å². The van der Waals surface area contributed by atoms with Gasteiger partial charge in [-0.1, -0.05) is 59.3 Å². The number of aromatic nitrogens is 4. The first-order chi connectivity index (χ1) is 12.6. The van der Waals surface area contributed by atoms with Gasteiger partial charge in [-0.2, -0.15) is 0 Å². The van der Waals surface area contributed by atoms with Crippen LogP contribution in [0.1, 0.15) is 11.1 Å². The number of aryl methyl sites for hydroxylation is 1. The molecule has 4 rings (SSSR count). The second kappa shape index (κ2) is 6.97. The minimum atomic E-state index is -0.250. The lowest BCUT2D eigenvalue weighted by Gasteiger charge is -2.09. The predicted octanol–water partition coefficient (Wildman–Crippen LogP) is 4.36. The highest BCUT2D eigenvalue weighted by Crippen LogP contribution is 2.30. The number of aromatic amines is 1. The third-order valence-corrected chi connectivity index (χ3v) is 5.38. The molecule has 0 spiro atoms. The van der Waals surface area contributed by atoms with Gasteiger partial charge in [0.1, 0.15) is 0 Å². The predicted molar refractivity (Wildman–Crippen MR) is 105 cm³/mol. The van der Waals surface area contributed by atoms with E-state index < -0.39 is 0 Å². The number of H-pyrrole nitrogens is 1. The Hall–Kier alpha value is -2.57. The van der Waals surface area contributed by atoms with Crippen molar-refractivity contribution >= 4 is 34.5 Å². The fraction of sp³-hybridized carbons (Fsp3) is 0.105.